The van der Waals surface area contributed by atoms with Crippen LogP contribution in [0.25, 0.3) is 5.57 Å². The Balaban J connectivity index is 0.00000112. The summed E-state index contributed by atoms with van der Waals surface area (Å²) in [5.41, 5.74) is 8.22. The Bertz CT molecular complexity index is 345. The number of halogens is 2. The van der Waals surface area contributed by atoms with Gasteiger partial charge in [-0.3, -0.25) is 0 Å². The van der Waals surface area contributed by atoms with Crippen LogP contribution in [0.2, 0.25) is 0 Å². The average molecular weight is 228 g/mol. The van der Waals surface area contributed by atoms with Gasteiger partial charge in [0.25, 0.3) is 0 Å². The Morgan fingerprint density at radius 3 is 2.40 bits per heavy atom. The average Bonchev–Trinajstić information content (AvgIpc) is 2.21. The van der Waals surface area contributed by atoms with Gasteiger partial charge in [-0.05, 0) is 42.5 Å². The first kappa shape index (κ1) is 12.2. The highest BCUT2D eigenvalue weighted by molar-refractivity contribution is 5.85. The second-order valence-electron chi connectivity index (χ2n) is 3.77. The first-order valence-electron chi connectivity index (χ1n) is 4.96. The van der Waals surface area contributed by atoms with Crippen molar-refractivity contribution in [1.82, 2.24) is 0 Å². The quantitative estimate of drug-likeness (QED) is 0.784. The maximum Gasteiger partial charge on any atom is 0.123 e. The van der Waals surface area contributed by atoms with Gasteiger partial charge in [0.1, 0.15) is 5.82 Å². The van der Waals surface area contributed by atoms with Crippen LogP contribution in [-0.4, -0.2) is 6.04 Å². The third kappa shape index (κ3) is 3.05. The van der Waals surface area contributed by atoms with Crippen LogP contribution in [0.4, 0.5) is 4.39 Å². The van der Waals surface area contributed by atoms with Crippen LogP contribution in [0.1, 0.15) is 24.8 Å². The number of benzene rings is 1. The van der Waals surface area contributed by atoms with Crippen LogP contribution in [0.5, 0.6) is 0 Å². The van der Waals surface area contributed by atoms with Crippen LogP contribution in [0.3, 0.4) is 0 Å². The van der Waals surface area contributed by atoms with Crippen LogP contribution >= 0.6 is 12.4 Å². The second-order valence-corrected chi connectivity index (χ2v) is 3.77. The van der Waals surface area contributed by atoms with Crippen LogP contribution < -0.4 is 5.73 Å². The lowest BCUT2D eigenvalue weighted by Gasteiger charge is -2.18. The minimum absolute atomic E-state index is 0. The molecular weight excluding hydrogens is 213 g/mol. The maximum absolute atomic E-state index is 12.7. The summed E-state index contributed by atoms with van der Waals surface area (Å²) >= 11 is 0. The molecule has 0 heterocycles. The molecule has 2 rings (SSSR count). The summed E-state index contributed by atoms with van der Waals surface area (Å²) in [4.78, 5) is 0. The van der Waals surface area contributed by atoms with Gasteiger partial charge in [0.05, 0.1) is 0 Å². The van der Waals surface area contributed by atoms with Crippen LogP contribution in [0.15, 0.2) is 30.3 Å². The molecule has 15 heavy (non-hydrogen) atoms. The predicted octanol–water partition coefficient (Wildman–Crippen LogP) is 3.14. The molecular formula is C12H15ClFN. The molecule has 0 saturated heterocycles. The van der Waals surface area contributed by atoms with Crippen molar-refractivity contribution in [3.05, 3.63) is 41.7 Å². The Labute approximate surface area is 95.6 Å². The molecule has 0 saturated carbocycles. The van der Waals surface area contributed by atoms with Gasteiger partial charge in [0.2, 0.25) is 0 Å². The molecule has 0 aromatic heterocycles. The molecule has 0 spiro atoms. The number of allylic oxidation sites excluding steroid dienone is 1. The molecule has 1 nitrogen and oxygen atoms in total. The van der Waals surface area contributed by atoms with Crippen molar-refractivity contribution in [1.29, 1.82) is 0 Å². The van der Waals surface area contributed by atoms with Crippen molar-refractivity contribution in [2.75, 3.05) is 0 Å². The molecule has 1 unspecified atom stereocenters. The molecule has 0 bridgehead atoms. The highest BCUT2D eigenvalue weighted by Crippen LogP contribution is 2.26. The van der Waals surface area contributed by atoms with E-state index in [-0.39, 0.29) is 18.2 Å². The highest BCUT2D eigenvalue weighted by atomic mass is 35.5. The van der Waals surface area contributed by atoms with E-state index in [0.29, 0.717) is 6.04 Å². The lowest BCUT2D eigenvalue weighted by molar-refractivity contribution is 0.613. The molecule has 1 aliphatic rings. The maximum atomic E-state index is 12.7. The molecule has 0 aliphatic heterocycles. The highest BCUT2D eigenvalue weighted by Gasteiger charge is 2.11. The summed E-state index contributed by atoms with van der Waals surface area (Å²) in [7, 11) is 0. The number of hydrogen-bond acceptors (Lipinski definition) is 1. The zero-order valence-electron chi connectivity index (χ0n) is 8.45. The smallest absolute Gasteiger partial charge is 0.123 e. The van der Waals surface area contributed by atoms with E-state index in [2.05, 4.69) is 6.08 Å². The van der Waals surface area contributed by atoms with Crippen LogP contribution in [0, 0.1) is 5.82 Å². The van der Waals surface area contributed by atoms with Crippen LogP contribution in [-0.2, 0) is 0 Å². The lowest BCUT2D eigenvalue weighted by atomic mass is 9.91. The lowest BCUT2D eigenvalue weighted by Crippen LogP contribution is -2.21. The van der Waals surface area contributed by atoms with E-state index in [9.17, 15) is 4.39 Å². The van der Waals surface area contributed by atoms with Crippen molar-refractivity contribution < 1.29 is 4.39 Å². The zero-order valence-corrected chi connectivity index (χ0v) is 9.27. The molecule has 2 N–H and O–H groups in total. The summed E-state index contributed by atoms with van der Waals surface area (Å²) in [6, 6.07) is 6.98. The number of rotatable bonds is 1. The molecule has 3 heteroatoms. The minimum atomic E-state index is -0.179. The molecule has 1 aliphatic carbocycles. The van der Waals surface area contributed by atoms with Gasteiger partial charge in [-0.1, -0.05) is 18.2 Å². The van der Waals surface area contributed by atoms with Gasteiger partial charge in [0.15, 0.2) is 0 Å². The van der Waals surface area contributed by atoms with E-state index in [0.717, 1.165) is 24.8 Å². The van der Waals surface area contributed by atoms with E-state index in [1.54, 1.807) is 0 Å². The van der Waals surface area contributed by atoms with Gasteiger partial charge >= 0.3 is 0 Å². The summed E-state index contributed by atoms with van der Waals surface area (Å²) in [5.74, 6) is -0.179. The van der Waals surface area contributed by atoms with Gasteiger partial charge < -0.3 is 5.73 Å². The summed E-state index contributed by atoms with van der Waals surface area (Å²) < 4.78 is 12.7. The fourth-order valence-corrected chi connectivity index (χ4v) is 1.78. The first-order valence-corrected chi connectivity index (χ1v) is 4.96. The SMILES string of the molecule is Cl.NC1CC=C(c2ccc(F)cc2)CC1. The molecule has 1 atom stereocenters. The molecule has 0 radical (unpaired) electrons. The van der Waals surface area contributed by atoms with Crippen molar-refractivity contribution >= 4 is 18.0 Å². The van der Waals surface area contributed by atoms with Crippen molar-refractivity contribution in [2.45, 2.75) is 25.3 Å². The van der Waals surface area contributed by atoms with Gasteiger partial charge in [-0.25, -0.2) is 4.39 Å². The van der Waals surface area contributed by atoms with E-state index < -0.39 is 0 Å². The fourth-order valence-electron chi connectivity index (χ4n) is 1.78. The Kier molecular flexibility index (Phi) is 4.30. The van der Waals surface area contributed by atoms with E-state index in [4.69, 9.17) is 5.73 Å². The van der Waals surface area contributed by atoms with Crippen molar-refractivity contribution in [3.63, 3.8) is 0 Å². The van der Waals surface area contributed by atoms with Gasteiger partial charge in [-0.15, -0.1) is 12.4 Å². The van der Waals surface area contributed by atoms with E-state index in [1.165, 1.54) is 17.7 Å². The Morgan fingerprint density at radius 1 is 1.20 bits per heavy atom. The summed E-state index contributed by atoms with van der Waals surface area (Å²) in [5, 5.41) is 0. The topological polar surface area (TPSA) is 26.0 Å². The summed E-state index contributed by atoms with van der Waals surface area (Å²) in [6.45, 7) is 0. The van der Waals surface area contributed by atoms with Gasteiger partial charge in [-0.2, -0.15) is 0 Å². The number of nitrogens with two attached hydrogens (primary N) is 1. The molecule has 0 fully saturated rings. The van der Waals surface area contributed by atoms with E-state index in [1.807, 2.05) is 12.1 Å². The predicted molar refractivity (Wildman–Crippen MR) is 63.5 cm³/mol. The second kappa shape index (κ2) is 5.29. The summed E-state index contributed by atoms with van der Waals surface area (Å²) in [6.07, 6.45) is 5.14. The third-order valence-electron chi connectivity index (χ3n) is 2.67. The Morgan fingerprint density at radius 2 is 1.87 bits per heavy atom. The molecule has 1 aromatic carbocycles. The molecule has 1 aromatic rings. The Hall–Kier alpha value is -0.860. The number of hydrogen-bond donors (Lipinski definition) is 1. The minimum Gasteiger partial charge on any atom is -0.327 e. The normalized spacial score (nSPS) is 20.4. The molecule has 82 valence electrons. The van der Waals surface area contributed by atoms with Crippen molar-refractivity contribution in [3.8, 4) is 0 Å². The monoisotopic (exact) mass is 227 g/mol. The molecule has 0 amide bonds. The fraction of sp³-hybridized carbons (Fsp3) is 0.333. The third-order valence-corrected chi connectivity index (χ3v) is 2.67. The van der Waals surface area contributed by atoms with E-state index >= 15 is 0 Å². The largest absolute Gasteiger partial charge is 0.327 e. The first-order chi connectivity index (χ1) is 6.75. The van der Waals surface area contributed by atoms with Gasteiger partial charge in [0, 0.05) is 6.04 Å². The zero-order chi connectivity index (χ0) is 9.97. The standard InChI is InChI=1S/C12H14FN.ClH/c13-11-5-1-9(2-6-11)10-3-7-12(14)8-4-10;/h1-3,5-6,12H,4,7-8,14H2;1H. The van der Waals surface area contributed by atoms with Crippen molar-refractivity contribution in [2.24, 2.45) is 5.73 Å².